The number of ether oxygens (including phenoxy) is 1. The van der Waals surface area contributed by atoms with Crippen LogP contribution in [0.2, 0.25) is 0 Å². The van der Waals surface area contributed by atoms with Crippen molar-refractivity contribution in [3.8, 4) is 5.75 Å². The fourth-order valence-electron chi connectivity index (χ4n) is 3.55. The molecule has 2 aliphatic rings. The molecule has 5 heteroatoms. The second kappa shape index (κ2) is 6.46. The van der Waals surface area contributed by atoms with Crippen molar-refractivity contribution in [1.29, 1.82) is 0 Å². The first-order valence-electron chi connectivity index (χ1n) is 8.21. The van der Waals surface area contributed by atoms with E-state index in [2.05, 4.69) is 22.3 Å². The lowest BCUT2D eigenvalue weighted by atomic mass is 10.0. The summed E-state index contributed by atoms with van der Waals surface area (Å²) in [5, 5.41) is 2.90. The molecule has 2 saturated heterocycles. The van der Waals surface area contributed by atoms with Gasteiger partial charge in [-0.05, 0) is 38.1 Å². The van der Waals surface area contributed by atoms with Gasteiger partial charge in [0.05, 0.1) is 6.61 Å². The number of anilines is 1. The molecule has 5 nitrogen and oxygen atoms in total. The Morgan fingerprint density at radius 2 is 1.77 bits per heavy atom. The zero-order valence-corrected chi connectivity index (χ0v) is 13.4. The van der Waals surface area contributed by atoms with E-state index < -0.39 is 0 Å². The predicted octanol–water partition coefficient (Wildman–Crippen LogP) is 2.18. The van der Waals surface area contributed by atoms with Gasteiger partial charge in [-0.25, -0.2) is 4.79 Å². The molecular formula is C17H25N3O2. The van der Waals surface area contributed by atoms with Gasteiger partial charge in [-0.2, -0.15) is 0 Å². The quantitative estimate of drug-likeness (QED) is 0.927. The van der Waals surface area contributed by atoms with Crippen LogP contribution in [0.15, 0.2) is 24.3 Å². The van der Waals surface area contributed by atoms with Gasteiger partial charge in [0.15, 0.2) is 0 Å². The molecule has 0 unspecified atom stereocenters. The number of carbonyl (C=O) groups excluding carboxylic acids is 1. The normalized spacial score (nSPS) is 23.5. The number of benzene rings is 1. The summed E-state index contributed by atoms with van der Waals surface area (Å²) in [4.78, 5) is 16.3. The Kier molecular flexibility index (Phi) is 4.41. The van der Waals surface area contributed by atoms with Crippen LogP contribution < -0.4 is 15.0 Å². The third-order valence-corrected chi connectivity index (χ3v) is 4.61. The van der Waals surface area contributed by atoms with Gasteiger partial charge in [0, 0.05) is 50.2 Å². The van der Waals surface area contributed by atoms with Crippen LogP contribution in [0.3, 0.4) is 0 Å². The second-order valence-electron chi connectivity index (χ2n) is 6.09. The van der Waals surface area contributed by atoms with Crippen LogP contribution in [0.1, 0.15) is 13.8 Å². The summed E-state index contributed by atoms with van der Waals surface area (Å²) in [6, 6.07) is 8.42. The summed E-state index contributed by atoms with van der Waals surface area (Å²) >= 11 is 0. The Balaban J connectivity index is 1.57. The number of likely N-dealkylation sites (tertiary alicyclic amines) is 1. The van der Waals surface area contributed by atoms with Crippen molar-refractivity contribution in [2.45, 2.75) is 13.8 Å². The number of urea groups is 1. The molecule has 1 aromatic carbocycles. The lowest BCUT2D eigenvalue weighted by Gasteiger charge is -2.23. The van der Waals surface area contributed by atoms with E-state index in [1.807, 2.05) is 30.9 Å². The van der Waals surface area contributed by atoms with E-state index in [9.17, 15) is 4.79 Å². The summed E-state index contributed by atoms with van der Waals surface area (Å²) in [6.45, 7) is 9.18. The molecule has 120 valence electrons. The van der Waals surface area contributed by atoms with Gasteiger partial charge in [0.2, 0.25) is 0 Å². The van der Waals surface area contributed by atoms with Gasteiger partial charge in [0.1, 0.15) is 5.75 Å². The standard InChI is InChI=1S/C17H25N3O2/c1-3-18-17(21)20-11-13-9-19(10-14(13)12-20)15-5-7-16(8-6-15)22-4-2/h5-8,13-14H,3-4,9-12H2,1-2H3,(H,18,21)/t13-,14+. The molecule has 2 amide bonds. The van der Waals surface area contributed by atoms with Crippen molar-refractivity contribution in [2.75, 3.05) is 44.2 Å². The molecule has 0 aromatic heterocycles. The molecule has 2 fully saturated rings. The Morgan fingerprint density at radius 3 is 2.32 bits per heavy atom. The number of nitrogens with zero attached hydrogens (tertiary/aromatic N) is 2. The molecule has 0 saturated carbocycles. The first kappa shape index (κ1) is 15.0. The first-order chi connectivity index (χ1) is 10.7. The summed E-state index contributed by atoms with van der Waals surface area (Å²) < 4.78 is 5.49. The van der Waals surface area contributed by atoms with Crippen LogP contribution in [-0.4, -0.2) is 50.3 Å². The molecule has 2 heterocycles. The summed E-state index contributed by atoms with van der Waals surface area (Å²) in [7, 11) is 0. The lowest BCUT2D eigenvalue weighted by molar-refractivity contribution is 0.206. The van der Waals surface area contributed by atoms with E-state index in [-0.39, 0.29) is 6.03 Å². The van der Waals surface area contributed by atoms with Crippen LogP contribution in [-0.2, 0) is 0 Å². The molecule has 22 heavy (non-hydrogen) atoms. The number of nitrogens with one attached hydrogen (secondary N) is 1. The van der Waals surface area contributed by atoms with Gasteiger partial charge in [-0.3, -0.25) is 0 Å². The number of hydrogen-bond donors (Lipinski definition) is 1. The molecule has 0 bridgehead atoms. The van der Waals surface area contributed by atoms with Crippen molar-refractivity contribution in [3.63, 3.8) is 0 Å². The molecule has 1 N–H and O–H groups in total. The van der Waals surface area contributed by atoms with Crippen molar-refractivity contribution >= 4 is 11.7 Å². The highest BCUT2D eigenvalue weighted by Gasteiger charge is 2.41. The highest BCUT2D eigenvalue weighted by molar-refractivity contribution is 5.74. The van der Waals surface area contributed by atoms with E-state index in [0.29, 0.717) is 25.0 Å². The highest BCUT2D eigenvalue weighted by atomic mass is 16.5. The van der Waals surface area contributed by atoms with Gasteiger partial charge in [-0.1, -0.05) is 0 Å². The summed E-state index contributed by atoms with van der Waals surface area (Å²) in [5.74, 6) is 2.11. The SMILES string of the molecule is CCNC(=O)N1C[C@@H]2CN(c3ccc(OCC)cc3)C[C@@H]2C1. The Labute approximate surface area is 132 Å². The molecule has 2 atom stereocenters. The third kappa shape index (κ3) is 2.98. The van der Waals surface area contributed by atoms with Gasteiger partial charge >= 0.3 is 6.03 Å². The maximum absolute atomic E-state index is 11.9. The maximum atomic E-state index is 11.9. The van der Waals surface area contributed by atoms with E-state index >= 15 is 0 Å². The monoisotopic (exact) mass is 303 g/mol. The number of carbonyl (C=O) groups is 1. The summed E-state index contributed by atoms with van der Waals surface area (Å²) in [5.41, 5.74) is 1.25. The molecule has 0 aliphatic carbocycles. The number of amides is 2. The minimum atomic E-state index is 0.0875. The van der Waals surface area contributed by atoms with Crippen LogP contribution in [0.5, 0.6) is 5.75 Å². The average Bonchev–Trinajstić information content (AvgIpc) is 3.07. The fourth-order valence-corrected chi connectivity index (χ4v) is 3.55. The van der Waals surface area contributed by atoms with E-state index in [1.165, 1.54) is 5.69 Å². The van der Waals surface area contributed by atoms with Gasteiger partial charge in [-0.15, -0.1) is 0 Å². The fraction of sp³-hybridized carbons (Fsp3) is 0.588. The molecule has 1 aromatic rings. The van der Waals surface area contributed by atoms with E-state index in [1.54, 1.807) is 0 Å². The molecule has 2 aliphatic heterocycles. The molecular weight excluding hydrogens is 278 g/mol. The maximum Gasteiger partial charge on any atom is 0.317 e. The zero-order chi connectivity index (χ0) is 15.5. The number of hydrogen-bond acceptors (Lipinski definition) is 3. The third-order valence-electron chi connectivity index (χ3n) is 4.61. The number of rotatable bonds is 4. The van der Waals surface area contributed by atoms with Crippen LogP contribution in [0, 0.1) is 11.8 Å². The van der Waals surface area contributed by atoms with Gasteiger partial charge in [0.25, 0.3) is 0 Å². The van der Waals surface area contributed by atoms with Crippen LogP contribution in [0.4, 0.5) is 10.5 Å². The van der Waals surface area contributed by atoms with E-state index in [0.717, 1.165) is 31.9 Å². The minimum Gasteiger partial charge on any atom is -0.494 e. The molecule has 0 radical (unpaired) electrons. The smallest absolute Gasteiger partial charge is 0.317 e. The van der Waals surface area contributed by atoms with Crippen molar-refractivity contribution < 1.29 is 9.53 Å². The predicted molar refractivity (Wildman–Crippen MR) is 87.4 cm³/mol. The highest BCUT2D eigenvalue weighted by Crippen LogP contribution is 2.34. The lowest BCUT2D eigenvalue weighted by Crippen LogP contribution is -2.40. The second-order valence-corrected chi connectivity index (χ2v) is 6.09. The van der Waals surface area contributed by atoms with Crippen molar-refractivity contribution in [2.24, 2.45) is 11.8 Å². The minimum absolute atomic E-state index is 0.0875. The van der Waals surface area contributed by atoms with Crippen molar-refractivity contribution in [3.05, 3.63) is 24.3 Å². The Bertz CT molecular complexity index is 503. The Hall–Kier alpha value is -1.91. The zero-order valence-electron chi connectivity index (χ0n) is 13.4. The largest absolute Gasteiger partial charge is 0.494 e. The topological polar surface area (TPSA) is 44.8 Å². The van der Waals surface area contributed by atoms with E-state index in [4.69, 9.17) is 4.74 Å². The Morgan fingerprint density at radius 1 is 1.14 bits per heavy atom. The van der Waals surface area contributed by atoms with Crippen molar-refractivity contribution in [1.82, 2.24) is 10.2 Å². The molecule has 3 rings (SSSR count). The summed E-state index contributed by atoms with van der Waals surface area (Å²) in [6.07, 6.45) is 0. The van der Waals surface area contributed by atoms with Crippen LogP contribution in [0.25, 0.3) is 0 Å². The van der Waals surface area contributed by atoms with Gasteiger partial charge < -0.3 is 19.9 Å². The number of fused-ring (bicyclic) bond motifs is 1. The van der Waals surface area contributed by atoms with Crippen LogP contribution >= 0.6 is 0 Å². The first-order valence-corrected chi connectivity index (χ1v) is 8.21. The average molecular weight is 303 g/mol. The molecule has 0 spiro atoms.